The smallest absolute Gasteiger partial charge is 0.293 e. The van der Waals surface area contributed by atoms with E-state index in [4.69, 9.17) is 32.8 Å². The Hall–Kier alpha value is -3.14. The molecule has 164 valence electrons. The number of pyridine rings is 1. The molecule has 0 bridgehead atoms. The van der Waals surface area contributed by atoms with Gasteiger partial charge in [-0.15, -0.1) is 4.73 Å². The second-order valence-corrected chi connectivity index (χ2v) is 9.88. The number of anilines is 2. The van der Waals surface area contributed by atoms with Crippen molar-refractivity contribution in [2.75, 3.05) is 18.7 Å². The Kier molecular flexibility index (Phi) is 5.81. The summed E-state index contributed by atoms with van der Waals surface area (Å²) in [4.78, 5) is 27.5. The minimum absolute atomic E-state index is 0.191. The summed E-state index contributed by atoms with van der Waals surface area (Å²) >= 11 is 12.6. The average Bonchev–Trinajstić information content (AvgIpc) is 2.74. The van der Waals surface area contributed by atoms with Gasteiger partial charge in [-0.25, -0.2) is 14.0 Å². The van der Waals surface area contributed by atoms with Gasteiger partial charge >= 0.3 is 0 Å². The van der Waals surface area contributed by atoms with Crippen molar-refractivity contribution in [3.8, 4) is 11.1 Å². The molecule has 0 saturated heterocycles. The molecule has 0 amide bonds. The first-order valence-electron chi connectivity index (χ1n) is 9.21. The maximum atomic E-state index is 13.1. The van der Waals surface area contributed by atoms with Crippen LogP contribution >= 0.6 is 23.2 Å². The van der Waals surface area contributed by atoms with Crippen LogP contribution in [0.15, 0.2) is 64.4 Å². The van der Waals surface area contributed by atoms with E-state index in [0.717, 1.165) is 4.73 Å². The van der Waals surface area contributed by atoms with Crippen LogP contribution in [0, 0.1) is 4.78 Å². The number of nitrogens with one attached hydrogen (secondary N) is 2. The van der Waals surface area contributed by atoms with Crippen molar-refractivity contribution in [3.63, 3.8) is 0 Å². The van der Waals surface area contributed by atoms with Gasteiger partial charge in [-0.1, -0.05) is 35.3 Å². The second-order valence-electron chi connectivity index (χ2n) is 6.91. The molecular weight excluding hydrogens is 473 g/mol. The summed E-state index contributed by atoms with van der Waals surface area (Å²) in [6.07, 6.45) is 2.88. The maximum absolute atomic E-state index is 13.1. The van der Waals surface area contributed by atoms with Crippen molar-refractivity contribution in [1.82, 2.24) is 14.7 Å². The van der Waals surface area contributed by atoms with Crippen LogP contribution in [0.2, 0.25) is 10.0 Å². The van der Waals surface area contributed by atoms with Crippen LogP contribution in [0.3, 0.4) is 0 Å². The fraction of sp³-hybridized carbons (Fsp3) is 0.0952. The van der Waals surface area contributed by atoms with Crippen molar-refractivity contribution in [3.05, 3.63) is 75.1 Å². The minimum Gasteiger partial charge on any atom is -0.412 e. The van der Waals surface area contributed by atoms with Crippen molar-refractivity contribution >= 4 is 55.6 Å². The molecule has 2 heterocycles. The van der Waals surface area contributed by atoms with Crippen LogP contribution in [0.5, 0.6) is 0 Å². The topological polar surface area (TPSA) is 110 Å². The molecule has 0 saturated carbocycles. The SMILES string of the molecule is COn1c(=O)c(-c2c(Cl)cccc2Cl)cc2cnc(Nc3cccc(S(C)(=N)=O)c3)nc21. The van der Waals surface area contributed by atoms with E-state index in [9.17, 15) is 9.00 Å². The van der Waals surface area contributed by atoms with E-state index in [-0.39, 0.29) is 17.2 Å². The highest BCUT2D eigenvalue weighted by Crippen LogP contribution is 2.33. The van der Waals surface area contributed by atoms with Gasteiger partial charge in [0.1, 0.15) is 7.11 Å². The molecule has 0 fully saturated rings. The van der Waals surface area contributed by atoms with Crippen molar-refractivity contribution in [1.29, 1.82) is 4.78 Å². The molecule has 2 N–H and O–H groups in total. The Morgan fingerprint density at radius 2 is 1.81 bits per heavy atom. The first kappa shape index (κ1) is 22.1. The van der Waals surface area contributed by atoms with E-state index in [1.807, 2.05) is 0 Å². The van der Waals surface area contributed by atoms with Crippen LogP contribution in [0.4, 0.5) is 11.6 Å². The minimum atomic E-state index is -2.87. The van der Waals surface area contributed by atoms with Crippen molar-refractivity contribution in [2.24, 2.45) is 0 Å². The van der Waals surface area contributed by atoms with Crippen molar-refractivity contribution in [2.45, 2.75) is 4.90 Å². The number of hydrogen-bond acceptors (Lipinski definition) is 7. The number of nitrogens with zero attached hydrogens (tertiary/aromatic N) is 3. The molecule has 0 spiro atoms. The predicted molar refractivity (Wildman–Crippen MR) is 127 cm³/mol. The molecule has 0 radical (unpaired) electrons. The van der Waals surface area contributed by atoms with Gasteiger partial charge in [-0.3, -0.25) is 4.79 Å². The molecule has 0 aliphatic rings. The van der Waals surface area contributed by atoms with E-state index in [2.05, 4.69) is 15.3 Å². The number of rotatable bonds is 5. The fourth-order valence-electron chi connectivity index (χ4n) is 3.18. The molecular formula is C21H17Cl2N5O3S. The van der Waals surface area contributed by atoms with E-state index < -0.39 is 15.3 Å². The zero-order valence-electron chi connectivity index (χ0n) is 16.9. The summed E-state index contributed by atoms with van der Waals surface area (Å²) in [5.74, 6) is 0.191. The third-order valence-electron chi connectivity index (χ3n) is 4.66. The normalized spacial score (nSPS) is 13.0. The standard InChI is InChI=1S/C21H17Cl2N5O3S/c1-31-28-19-12(9-15(20(28)29)18-16(22)7-4-8-17(18)23)11-25-21(27-19)26-13-5-3-6-14(10-13)32(2,24)30/h3-11,24H,1-2H3,(H,25,26,27). The molecule has 2 aromatic heterocycles. The van der Waals surface area contributed by atoms with E-state index in [1.165, 1.54) is 19.6 Å². The zero-order chi connectivity index (χ0) is 23.0. The van der Waals surface area contributed by atoms with Gasteiger partial charge < -0.3 is 10.2 Å². The molecule has 0 aliphatic heterocycles. The van der Waals surface area contributed by atoms with Crippen LogP contribution in [0.1, 0.15) is 0 Å². The lowest BCUT2D eigenvalue weighted by molar-refractivity contribution is 0.168. The summed E-state index contributed by atoms with van der Waals surface area (Å²) in [5.41, 5.74) is 0.945. The molecule has 1 atom stereocenters. The van der Waals surface area contributed by atoms with Gasteiger partial charge in [0.05, 0.1) is 25.3 Å². The highest BCUT2D eigenvalue weighted by Gasteiger charge is 2.18. The van der Waals surface area contributed by atoms with E-state index >= 15 is 0 Å². The Balaban J connectivity index is 1.83. The van der Waals surface area contributed by atoms with Crippen LogP contribution < -0.4 is 15.7 Å². The van der Waals surface area contributed by atoms with E-state index in [1.54, 1.807) is 48.5 Å². The Morgan fingerprint density at radius 1 is 1.12 bits per heavy atom. The molecule has 8 nitrogen and oxygen atoms in total. The van der Waals surface area contributed by atoms with Gasteiger partial charge in [0.15, 0.2) is 5.65 Å². The molecule has 2 aromatic carbocycles. The first-order valence-corrected chi connectivity index (χ1v) is 11.9. The number of halogens is 2. The summed E-state index contributed by atoms with van der Waals surface area (Å²) in [5, 5.41) is 4.19. The number of fused-ring (bicyclic) bond motifs is 1. The summed E-state index contributed by atoms with van der Waals surface area (Å²) < 4.78 is 20.8. The van der Waals surface area contributed by atoms with Crippen molar-refractivity contribution < 1.29 is 9.05 Å². The van der Waals surface area contributed by atoms with Gasteiger partial charge in [0.25, 0.3) is 5.56 Å². The highest BCUT2D eigenvalue weighted by molar-refractivity contribution is 7.91. The molecule has 4 rings (SSSR count). The lowest BCUT2D eigenvalue weighted by Gasteiger charge is -2.13. The molecule has 11 heteroatoms. The highest BCUT2D eigenvalue weighted by atomic mass is 35.5. The lowest BCUT2D eigenvalue weighted by Crippen LogP contribution is -2.27. The fourth-order valence-corrected chi connectivity index (χ4v) is 4.47. The lowest BCUT2D eigenvalue weighted by atomic mass is 10.1. The third kappa shape index (κ3) is 4.14. The third-order valence-corrected chi connectivity index (χ3v) is 6.44. The van der Waals surface area contributed by atoms with Crippen LogP contribution in [-0.4, -0.2) is 32.3 Å². The number of aromatic nitrogens is 3. The average molecular weight is 490 g/mol. The Labute approximate surface area is 193 Å². The van der Waals surface area contributed by atoms with Crippen LogP contribution in [0.25, 0.3) is 22.2 Å². The summed E-state index contributed by atoms with van der Waals surface area (Å²) in [7, 11) is -1.52. The molecule has 1 unspecified atom stereocenters. The Morgan fingerprint density at radius 3 is 2.47 bits per heavy atom. The van der Waals surface area contributed by atoms with Gasteiger partial charge in [-0.2, -0.15) is 4.98 Å². The second kappa shape index (κ2) is 8.42. The number of benzene rings is 2. The monoisotopic (exact) mass is 489 g/mol. The van der Waals surface area contributed by atoms with Gasteiger partial charge in [-0.05, 0) is 36.4 Å². The molecule has 4 aromatic rings. The largest absolute Gasteiger partial charge is 0.412 e. The first-order chi connectivity index (χ1) is 15.2. The quantitative estimate of drug-likeness (QED) is 0.423. The van der Waals surface area contributed by atoms with E-state index in [0.29, 0.717) is 31.6 Å². The van der Waals surface area contributed by atoms with Crippen LogP contribution in [-0.2, 0) is 9.73 Å². The number of hydrogen-bond donors (Lipinski definition) is 2. The molecule has 0 aliphatic carbocycles. The van der Waals surface area contributed by atoms with Gasteiger partial charge in [0, 0.05) is 34.0 Å². The van der Waals surface area contributed by atoms with Gasteiger partial charge in [0.2, 0.25) is 5.95 Å². The Bertz CT molecular complexity index is 1500. The summed E-state index contributed by atoms with van der Waals surface area (Å²) in [6.45, 7) is 0. The molecule has 32 heavy (non-hydrogen) atoms. The zero-order valence-corrected chi connectivity index (χ0v) is 19.3. The summed E-state index contributed by atoms with van der Waals surface area (Å²) in [6, 6.07) is 13.2. The maximum Gasteiger partial charge on any atom is 0.293 e. The predicted octanol–water partition coefficient (Wildman–Crippen LogP) is 4.60.